The van der Waals surface area contributed by atoms with Crippen molar-refractivity contribution in [3.05, 3.63) is 58.9 Å². The van der Waals surface area contributed by atoms with E-state index in [2.05, 4.69) is 10.0 Å². The highest BCUT2D eigenvalue weighted by Gasteiger charge is 2.21. The lowest BCUT2D eigenvalue weighted by molar-refractivity contribution is 0.0939. The average molecular weight is 385 g/mol. The van der Waals surface area contributed by atoms with Crippen LogP contribution < -0.4 is 10.0 Å². The van der Waals surface area contributed by atoms with Crippen molar-refractivity contribution in [3.63, 3.8) is 0 Å². The van der Waals surface area contributed by atoms with Gasteiger partial charge in [0.05, 0.1) is 5.02 Å². The number of hydrogen-bond acceptors (Lipinski definition) is 3. The van der Waals surface area contributed by atoms with Crippen LogP contribution in [0.3, 0.4) is 0 Å². The van der Waals surface area contributed by atoms with E-state index in [9.17, 15) is 17.6 Å². The predicted molar refractivity (Wildman–Crippen MR) is 95.9 cm³/mol. The molecule has 1 atom stereocenters. The highest BCUT2D eigenvalue weighted by Crippen LogP contribution is 2.25. The first-order valence-electron chi connectivity index (χ1n) is 7.61. The van der Waals surface area contributed by atoms with E-state index in [-0.39, 0.29) is 33.1 Å². The zero-order valence-electron chi connectivity index (χ0n) is 13.7. The van der Waals surface area contributed by atoms with Crippen molar-refractivity contribution in [2.75, 3.05) is 4.72 Å². The van der Waals surface area contributed by atoms with E-state index < -0.39 is 15.8 Å². The number of amides is 1. The van der Waals surface area contributed by atoms with E-state index >= 15 is 0 Å². The van der Waals surface area contributed by atoms with Crippen LogP contribution in [-0.2, 0) is 10.0 Å². The molecule has 1 amide bonds. The quantitative estimate of drug-likeness (QED) is 0.795. The molecule has 2 N–H and O–H groups in total. The maximum absolute atomic E-state index is 12.9. The van der Waals surface area contributed by atoms with Gasteiger partial charge in [-0.1, -0.05) is 18.5 Å². The lowest BCUT2D eigenvalue weighted by Gasteiger charge is -2.13. The summed E-state index contributed by atoms with van der Waals surface area (Å²) in [4.78, 5) is 12.0. The van der Waals surface area contributed by atoms with Gasteiger partial charge in [0.1, 0.15) is 10.7 Å². The molecule has 2 rings (SSSR count). The molecule has 25 heavy (non-hydrogen) atoms. The molecule has 0 aliphatic heterocycles. The molecular weight excluding hydrogens is 367 g/mol. The average Bonchev–Trinajstić information content (AvgIpc) is 2.56. The van der Waals surface area contributed by atoms with Crippen molar-refractivity contribution in [2.24, 2.45) is 0 Å². The molecule has 2 aromatic rings. The molecule has 1 unspecified atom stereocenters. The largest absolute Gasteiger partial charge is 0.350 e. The van der Waals surface area contributed by atoms with Crippen LogP contribution in [0.15, 0.2) is 47.4 Å². The first-order valence-corrected chi connectivity index (χ1v) is 9.48. The minimum Gasteiger partial charge on any atom is -0.350 e. The molecule has 134 valence electrons. The summed E-state index contributed by atoms with van der Waals surface area (Å²) in [5.41, 5.74) is 0.371. The van der Waals surface area contributed by atoms with Crippen LogP contribution in [0.25, 0.3) is 0 Å². The second kappa shape index (κ2) is 7.84. The normalized spacial score (nSPS) is 12.5. The Morgan fingerprint density at radius 3 is 2.44 bits per heavy atom. The van der Waals surface area contributed by atoms with E-state index in [4.69, 9.17) is 11.6 Å². The summed E-state index contributed by atoms with van der Waals surface area (Å²) >= 11 is 6.00. The molecule has 0 bridgehead atoms. The molecule has 0 spiro atoms. The number of benzene rings is 2. The molecule has 2 aromatic carbocycles. The second-order valence-corrected chi connectivity index (χ2v) is 7.60. The van der Waals surface area contributed by atoms with Crippen LogP contribution >= 0.6 is 11.6 Å². The lowest BCUT2D eigenvalue weighted by atomic mass is 10.2. The van der Waals surface area contributed by atoms with Gasteiger partial charge in [-0.3, -0.25) is 9.52 Å². The Kier molecular flexibility index (Phi) is 6.02. The molecule has 0 aliphatic carbocycles. The smallest absolute Gasteiger partial charge is 0.263 e. The minimum absolute atomic E-state index is 0.0188. The summed E-state index contributed by atoms with van der Waals surface area (Å²) < 4.78 is 40.3. The van der Waals surface area contributed by atoms with Crippen molar-refractivity contribution in [1.82, 2.24) is 5.32 Å². The number of rotatable bonds is 6. The Labute approximate surface area is 151 Å². The fourth-order valence-corrected chi connectivity index (χ4v) is 3.57. The molecular formula is C17H18ClFN2O3S. The number of hydrogen-bond donors (Lipinski definition) is 2. The van der Waals surface area contributed by atoms with E-state index in [0.29, 0.717) is 0 Å². The second-order valence-electron chi connectivity index (χ2n) is 5.54. The maximum Gasteiger partial charge on any atom is 0.263 e. The van der Waals surface area contributed by atoms with E-state index in [1.807, 2.05) is 13.8 Å². The predicted octanol–water partition coefficient (Wildman–Crippen LogP) is 3.81. The topological polar surface area (TPSA) is 75.3 Å². The minimum atomic E-state index is -4.03. The van der Waals surface area contributed by atoms with Gasteiger partial charge in [0, 0.05) is 17.3 Å². The summed E-state index contributed by atoms with van der Waals surface area (Å²) in [6.45, 7) is 3.77. The molecule has 0 radical (unpaired) electrons. The molecule has 0 heterocycles. The Morgan fingerprint density at radius 1 is 1.20 bits per heavy atom. The Morgan fingerprint density at radius 2 is 1.84 bits per heavy atom. The van der Waals surface area contributed by atoms with Crippen molar-refractivity contribution in [1.29, 1.82) is 0 Å². The van der Waals surface area contributed by atoms with Crippen LogP contribution in [-0.4, -0.2) is 20.4 Å². The van der Waals surface area contributed by atoms with E-state index in [1.54, 1.807) is 0 Å². The summed E-state index contributed by atoms with van der Waals surface area (Å²) in [6.07, 6.45) is 0.747. The van der Waals surface area contributed by atoms with Crippen molar-refractivity contribution >= 4 is 33.2 Å². The number of halogens is 2. The third-order valence-corrected chi connectivity index (χ3v) is 5.43. The van der Waals surface area contributed by atoms with Gasteiger partial charge in [-0.05, 0) is 55.8 Å². The Hall–Kier alpha value is -2.12. The van der Waals surface area contributed by atoms with Gasteiger partial charge in [-0.25, -0.2) is 12.8 Å². The van der Waals surface area contributed by atoms with Crippen LogP contribution in [0.4, 0.5) is 10.1 Å². The summed E-state index contributed by atoms with van der Waals surface area (Å²) in [7, 11) is -4.03. The highest BCUT2D eigenvalue weighted by atomic mass is 35.5. The molecule has 0 aliphatic rings. The van der Waals surface area contributed by atoms with Gasteiger partial charge < -0.3 is 5.32 Å². The van der Waals surface area contributed by atoms with Crippen molar-refractivity contribution in [3.8, 4) is 0 Å². The van der Waals surface area contributed by atoms with Gasteiger partial charge in [0.2, 0.25) is 0 Å². The third-order valence-electron chi connectivity index (χ3n) is 3.57. The van der Waals surface area contributed by atoms with Crippen molar-refractivity contribution < 1.29 is 17.6 Å². The monoisotopic (exact) mass is 384 g/mol. The van der Waals surface area contributed by atoms with Crippen molar-refractivity contribution in [2.45, 2.75) is 31.2 Å². The standard InChI is InChI=1S/C17H18ClFN2O3S/c1-3-11(2)20-17(22)12-4-9-15(18)16(10-12)25(23,24)21-14-7-5-13(19)6-8-14/h4-11,21H,3H2,1-2H3,(H,20,22). The SMILES string of the molecule is CCC(C)NC(=O)c1ccc(Cl)c(S(=O)(=O)Nc2ccc(F)cc2)c1. The van der Waals surface area contributed by atoms with Crippen LogP contribution in [0.1, 0.15) is 30.6 Å². The molecule has 5 nitrogen and oxygen atoms in total. The molecule has 0 saturated heterocycles. The third kappa shape index (κ3) is 4.93. The summed E-state index contributed by atoms with van der Waals surface area (Å²) in [5.74, 6) is -0.867. The molecule has 0 fully saturated rings. The van der Waals surface area contributed by atoms with Gasteiger partial charge in [-0.2, -0.15) is 0 Å². The molecule has 0 aromatic heterocycles. The van der Waals surface area contributed by atoms with E-state index in [1.165, 1.54) is 30.3 Å². The summed E-state index contributed by atoms with van der Waals surface area (Å²) in [5, 5.41) is 2.74. The van der Waals surface area contributed by atoms with E-state index in [0.717, 1.165) is 18.6 Å². The summed E-state index contributed by atoms with van der Waals surface area (Å²) in [6, 6.07) is 8.83. The Balaban J connectivity index is 2.32. The van der Waals surface area contributed by atoms with Gasteiger partial charge in [0.25, 0.3) is 15.9 Å². The van der Waals surface area contributed by atoms with Gasteiger partial charge in [-0.15, -0.1) is 0 Å². The maximum atomic E-state index is 12.9. The lowest BCUT2D eigenvalue weighted by Crippen LogP contribution is -2.32. The zero-order valence-corrected chi connectivity index (χ0v) is 15.3. The first kappa shape index (κ1) is 19.2. The first-order chi connectivity index (χ1) is 11.7. The number of sulfonamides is 1. The fraction of sp³-hybridized carbons (Fsp3) is 0.235. The molecule has 8 heteroatoms. The van der Waals surface area contributed by atoms with Crippen LogP contribution in [0, 0.1) is 5.82 Å². The molecule has 0 saturated carbocycles. The van der Waals surface area contributed by atoms with Crippen LogP contribution in [0.2, 0.25) is 5.02 Å². The van der Waals surface area contributed by atoms with Gasteiger partial charge >= 0.3 is 0 Å². The van der Waals surface area contributed by atoms with Gasteiger partial charge in [0.15, 0.2) is 0 Å². The number of anilines is 1. The fourth-order valence-electron chi connectivity index (χ4n) is 1.99. The highest BCUT2D eigenvalue weighted by molar-refractivity contribution is 7.92. The number of carbonyl (C=O) groups excluding carboxylic acids is 1. The van der Waals surface area contributed by atoms with Crippen LogP contribution in [0.5, 0.6) is 0 Å². The zero-order chi connectivity index (χ0) is 18.6. The Bertz CT molecular complexity index is 870. The number of nitrogens with one attached hydrogen (secondary N) is 2. The number of carbonyl (C=O) groups is 1.